The standard InChI is InChI=1S/C21H15N3O4S/c1-11-22-23-21(29-11)24-17(12-6-5-7-13(10-12)27-2)16-18(25)14-8-3-4-9-15(14)28-19(16)20(24)26/h3-10,17H,1-2H3. The van der Waals surface area contributed by atoms with Crippen molar-refractivity contribution in [1.29, 1.82) is 0 Å². The number of fused-ring (bicyclic) bond motifs is 2. The lowest BCUT2D eigenvalue weighted by Crippen LogP contribution is -2.29. The van der Waals surface area contributed by atoms with Gasteiger partial charge < -0.3 is 9.15 Å². The van der Waals surface area contributed by atoms with Crippen LogP contribution in [0.3, 0.4) is 0 Å². The molecule has 1 atom stereocenters. The first-order valence-electron chi connectivity index (χ1n) is 8.92. The van der Waals surface area contributed by atoms with Crippen molar-refractivity contribution in [3.63, 3.8) is 0 Å². The molecule has 0 aliphatic carbocycles. The summed E-state index contributed by atoms with van der Waals surface area (Å²) in [6.07, 6.45) is 0. The molecule has 8 heteroatoms. The number of methoxy groups -OCH3 is 1. The highest BCUT2D eigenvalue weighted by atomic mass is 32.1. The predicted molar refractivity (Wildman–Crippen MR) is 109 cm³/mol. The number of anilines is 1. The van der Waals surface area contributed by atoms with E-state index in [1.54, 1.807) is 31.4 Å². The lowest BCUT2D eigenvalue weighted by Gasteiger charge is -2.22. The monoisotopic (exact) mass is 405 g/mol. The maximum atomic E-state index is 13.4. The number of hydrogen-bond acceptors (Lipinski definition) is 7. The Morgan fingerprint density at radius 3 is 2.69 bits per heavy atom. The lowest BCUT2D eigenvalue weighted by molar-refractivity contribution is 0.0970. The summed E-state index contributed by atoms with van der Waals surface area (Å²) in [5.74, 6) is 0.253. The SMILES string of the molecule is COc1cccc(C2c3c(oc4ccccc4c3=O)C(=O)N2c2nnc(C)s2)c1. The van der Waals surface area contributed by atoms with Gasteiger partial charge >= 0.3 is 0 Å². The van der Waals surface area contributed by atoms with Crippen molar-refractivity contribution >= 4 is 33.3 Å². The Bertz CT molecular complexity index is 1330. The normalized spacial score (nSPS) is 15.7. The van der Waals surface area contributed by atoms with Crippen LogP contribution in [0.4, 0.5) is 5.13 Å². The number of ether oxygens (including phenoxy) is 1. The summed E-state index contributed by atoms with van der Waals surface area (Å²) in [5.41, 5.74) is 1.18. The number of nitrogens with zero attached hydrogens (tertiary/aromatic N) is 3. The van der Waals surface area contributed by atoms with Gasteiger partial charge in [0.05, 0.1) is 24.1 Å². The van der Waals surface area contributed by atoms with Crippen LogP contribution in [0.15, 0.2) is 57.7 Å². The van der Waals surface area contributed by atoms with Crippen molar-refractivity contribution in [3.8, 4) is 5.75 Å². The molecule has 2 aromatic carbocycles. The molecule has 1 unspecified atom stereocenters. The Kier molecular flexibility index (Phi) is 3.95. The van der Waals surface area contributed by atoms with E-state index in [9.17, 15) is 9.59 Å². The second kappa shape index (κ2) is 6.52. The number of hydrogen-bond donors (Lipinski definition) is 0. The van der Waals surface area contributed by atoms with Crippen LogP contribution >= 0.6 is 11.3 Å². The van der Waals surface area contributed by atoms with Crippen molar-refractivity contribution < 1.29 is 13.9 Å². The Morgan fingerprint density at radius 1 is 1.10 bits per heavy atom. The van der Waals surface area contributed by atoms with E-state index in [1.165, 1.54) is 16.2 Å². The minimum atomic E-state index is -0.680. The molecule has 5 rings (SSSR count). The number of amides is 1. The Balaban J connectivity index is 1.82. The van der Waals surface area contributed by atoms with Gasteiger partial charge in [0.2, 0.25) is 10.9 Å². The summed E-state index contributed by atoms with van der Waals surface area (Å²) in [5, 5.41) is 9.75. The first kappa shape index (κ1) is 17.6. The topological polar surface area (TPSA) is 85.5 Å². The summed E-state index contributed by atoms with van der Waals surface area (Å²) in [6.45, 7) is 1.81. The van der Waals surface area contributed by atoms with Crippen LogP contribution in [0.5, 0.6) is 5.75 Å². The van der Waals surface area contributed by atoms with Crippen molar-refractivity contribution in [1.82, 2.24) is 10.2 Å². The molecule has 7 nitrogen and oxygen atoms in total. The van der Waals surface area contributed by atoms with Crippen LogP contribution in [0.2, 0.25) is 0 Å². The highest BCUT2D eigenvalue weighted by Crippen LogP contribution is 2.42. The fourth-order valence-electron chi connectivity index (χ4n) is 3.63. The van der Waals surface area contributed by atoms with Crippen LogP contribution in [-0.2, 0) is 0 Å². The lowest BCUT2D eigenvalue weighted by atomic mass is 9.98. The minimum Gasteiger partial charge on any atom is -0.497 e. The fourth-order valence-corrected chi connectivity index (χ4v) is 4.34. The average Bonchev–Trinajstić information content (AvgIpc) is 3.29. The highest BCUT2D eigenvalue weighted by Gasteiger charge is 2.45. The maximum absolute atomic E-state index is 13.4. The van der Waals surface area contributed by atoms with Crippen LogP contribution in [0, 0.1) is 6.92 Å². The van der Waals surface area contributed by atoms with Crippen LogP contribution in [-0.4, -0.2) is 23.2 Å². The first-order valence-corrected chi connectivity index (χ1v) is 9.73. The molecule has 0 radical (unpaired) electrons. The molecule has 1 aliphatic rings. The number of carbonyl (C=O) groups excluding carboxylic acids is 1. The van der Waals surface area contributed by atoms with E-state index < -0.39 is 11.9 Å². The summed E-state index contributed by atoms with van der Waals surface area (Å²) >= 11 is 1.29. The number of aromatic nitrogens is 2. The van der Waals surface area contributed by atoms with Crippen LogP contribution < -0.4 is 15.1 Å². The maximum Gasteiger partial charge on any atom is 0.297 e. The fraction of sp³-hybridized carbons (Fsp3) is 0.143. The third-order valence-electron chi connectivity index (χ3n) is 4.91. The van der Waals surface area contributed by atoms with Crippen LogP contribution in [0.25, 0.3) is 11.0 Å². The van der Waals surface area contributed by atoms with E-state index in [2.05, 4.69) is 10.2 Å². The van der Waals surface area contributed by atoms with Crippen molar-refractivity contribution in [2.45, 2.75) is 13.0 Å². The molecule has 2 aromatic heterocycles. The largest absolute Gasteiger partial charge is 0.497 e. The zero-order chi connectivity index (χ0) is 20.1. The zero-order valence-corrected chi connectivity index (χ0v) is 16.4. The quantitative estimate of drug-likeness (QED) is 0.517. The summed E-state index contributed by atoms with van der Waals surface area (Å²) < 4.78 is 11.2. The van der Waals surface area contributed by atoms with E-state index in [0.29, 0.717) is 27.4 Å². The van der Waals surface area contributed by atoms with Crippen molar-refractivity contribution in [2.75, 3.05) is 12.0 Å². The van der Waals surface area contributed by atoms with Crippen molar-refractivity contribution in [3.05, 3.63) is 80.6 Å². The highest BCUT2D eigenvalue weighted by molar-refractivity contribution is 7.15. The Morgan fingerprint density at radius 2 is 1.93 bits per heavy atom. The van der Waals surface area contributed by atoms with Gasteiger partial charge in [-0.1, -0.05) is 35.6 Å². The Labute approximate surface area is 169 Å². The second-order valence-electron chi connectivity index (χ2n) is 6.63. The molecule has 0 fully saturated rings. The van der Waals surface area contributed by atoms with Crippen molar-refractivity contribution in [2.24, 2.45) is 0 Å². The molecule has 144 valence electrons. The molecular weight excluding hydrogens is 390 g/mol. The molecule has 0 saturated carbocycles. The molecule has 1 aliphatic heterocycles. The van der Waals surface area contributed by atoms with Gasteiger partial charge in [-0.2, -0.15) is 0 Å². The molecule has 3 heterocycles. The van der Waals surface area contributed by atoms with Crippen LogP contribution in [0.1, 0.15) is 32.7 Å². The van der Waals surface area contributed by atoms with E-state index in [0.717, 1.165) is 10.6 Å². The molecule has 4 aromatic rings. The first-order chi connectivity index (χ1) is 14.1. The summed E-state index contributed by atoms with van der Waals surface area (Å²) in [6, 6.07) is 13.5. The van der Waals surface area contributed by atoms with E-state index >= 15 is 0 Å². The van der Waals surface area contributed by atoms with Gasteiger partial charge in [0.25, 0.3) is 5.91 Å². The third kappa shape index (κ3) is 2.64. The summed E-state index contributed by atoms with van der Waals surface area (Å²) in [7, 11) is 1.57. The van der Waals surface area contributed by atoms with Gasteiger partial charge in [-0.15, -0.1) is 10.2 Å². The molecule has 0 bridgehead atoms. The van der Waals surface area contributed by atoms with Gasteiger partial charge in [0.15, 0.2) is 5.43 Å². The van der Waals surface area contributed by atoms with Gasteiger partial charge in [0.1, 0.15) is 16.3 Å². The minimum absolute atomic E-state index is 0.0365. The zero-order valence-electron chi connectivity index (χ0n) is 15.6. The second-order valence-corrected chi connectivity index (χ2v) is 7.79. The van der Waals surface area contributed by atoms with Gasteiger partial charge in [-0.05, 0) is 36.8 Å². The third-order valence-corrected chi connectivity index (χ3v) is 5.75. The van der Waals surface area contributed by atoms with Gasteiger partial charge in [0, 0.05) is 0 Å². The number of carbonyl (C=O) groups is 1. The molecular formula is C21H15N3O4S. The van der Waals surface area contributed by atoms with Gasteiger partial charge in [-0.25, -0.2) is 0 Å². The number of rotatable bonds is 3. The number of benzene rings is 2. The molecule has 1 amide bonds. The number of para-hydroxylation sites is 1. The number of aryl methyl sites for hydroxylation is 1. The van der Waals surface area contributed by atoms with Gasteiger partial charge in [-0.3, -0.25) is 14.5 Å². The molecule has 0 saturated heterocycles. The molecule has 0 spiro atoms. The Hall–Kier alpha value is -3.52. The average molecular weight is 405 g/mol. The molecule has 29 heavy (non-hydrogen) atoms. The predicted octanol–water partition coefficient (Wildman–Crippen LogP) is 3.71. The van der Waals surface area contributed by atoms with E-state index in [4.69, 9.17) is 9.15 Å². The summed E-state index contributed by atoms with van der Waals surface area (Å²) in [4.78, 5) is 28.2. The smallest absolute Gasteiger partial charge is 0.297 e. The van der Waals surface area contributed by atoms with E-state index in [-0.39, 0.29) is 11.2 Å². The molecule has 0 N–H and O–H groups in total. The van der Waals surface area contributed by atoms with E-state index in [1.807, 2.05) is 31.2 Å².